The lowest BCUT2D eigenvalue weighted by Crippen LogP contribution is -2.67. The normalized spacial score (nSPS) is 23.4. The summed E-state index contributed by atoms with van der Waals surface area (Å²) in [6.07, 6.45) is 1.61. The average Bonchev–Trinajstić information content (AvgIpc) is 2.81. The number of nitrogens with zero attached hydrogens (tertiary/aromatic N) is 1. The van der Waals surface area contributed by atoms with E-state index in [2.05, 4.69) is 58.7 Å². The van der Waals surface area contributed by atoms with Gasteiger partial charge in [-0.15, -0.1) is 0 Å². The van der Waals surface area contributed by atoms with Crippen LogP contribution in [0.15, 0.2) is 84.9 Å². The van der Waals surface area contributed by atoms with Gasteiger partial charge in [0, 0.05) is 25.2 Å². The van der Waals surface area contributed by atoms with Crippen molar-refractivity contribution in [1.29, 1.82) is 0 Å². The Balaban J connectivity index is 1.39. The predicted octanol–water partition coefficient (Wildman–Crippen LogP) is 4.20. The van der Waals surface area contributed by atoms with Gasteiger partial charge in [-0.25, -0.2) is 0 Å². The first kappa shape index (κ1) is 20.0. The Labute approximate surface area is 183 Å². The maximum Gasteiger partial charge on any atom is 0.252 e. The lowest BCUT2D eigenvalue weighted by molar-refractivity contribution is -0.0723. The van der Waals surface area contributed by atoms with Gasteiger partial charge in [-0.05, 0) is 35.6 Å². The number of nitrogens with one attached hydrogen (secondary N) is 1. The molecule has 0 saturated carbocycles. The van der Waals surface area contributed by atoms with Crippen molar-refractivity contribution < 1.29 is 9.53 Å². The fraction of sp³-hybridized carbons (Fsp3) is 0.296. The summed E-state index contributed by atoms with van der Waals surface area (Å²) in [4.78, 5) is 15.4. The molecule has 2 aliphatic heterocycles. The van der Waals surface area contributed by atoms with Gasteiger partial charge in [0.1, 0.15) is 0 Å². The smallest absolute Gasteiger partial charge is 0.252 e. The van der Waals surface area contributed by atoms with E-state index in [9.17, 15) is 4.79 Å². The number of likely N-dealkylation sites (tertiary alicyclic amines) is 1. The quantitative estimate of drug-likeness (QED) is 0.683. The van der Waals surface area contributed by atoms with Gasteiger partial charge in [0.25, 0.3) is 5.91 Å². The molecule has 1 fully saturated rings. The number of benzene rings is 3. The molecule has 0 aromatic heterocycles. The van der Waals surface area contributed by atoms with Gasteiger partial charge < -0.3 is 10.1 Å². The van der Waals surface area contributed by atoms with E-state index >= 15 is 0 Å². The number of rotatable bonds is 5. The van der Waals surface area contributed by atoms with Crippen LogP contribution in [0.3, 0.4) is 0 Å². The molecule has 4 heteroatoms. The highest BCUT2D eigenvalue weighted by molar-refractivity contribution is 5.97. The van der Waals surface area contributed by atoms with Gasteiger partial charge in [-0.3, -0.25) is 9.69 Å². The third kappa shape index (κ3) is 4.27. The van der Waals surface area contributed by atoms with Gasteiger partial charge in [-0.1, -0.05) is 78.9 Å². The van der Waals surface area contributed by atoms with Gasteiger partial charge in [0.15, 0.2) is 0 Å². The standard InChI is InChI=1S/C27H28N2O2/c30-26-24-14-8-7-13-23(24)17-27(28-26)15-16-29(18-21-9-3-1-4-10-21)19-25(27)31-20-22-11-5-2-6-12-22/h1-14,25H,15-20H2,(H,28,30)/t25-,27+/m1/s1. The minimum Gasteiger partial charge on any atom is -0.370 e. The molecule has 1 N–H and O–H groups in total. The van der Waals surface area contributed by atoms with Crippen LogP contribution in [0.5, 0.6) is 0 Å². The lowest BCUT2D eigenvalue weighted by Gasteiger charge is -2.50. The van der Waals surface area contributed by atoms with E-state index in [1.165, 1.54) is 5.56 Å². The molecule has 4 nitrogen and oxygen atoms in total. The second kappa shape index (κ2) is 8.66. The van der Waals surface area contributed by atoms with Crippen LogP contribution in [-0.2, 0) is 24.3 Å². The molecule has 0 unspecified atom stereocenters. The Morgan fingerprint density at radius 1 is 0.903 bits per heavy atom. The second-order valence-corrected chi connectivity index (χ2v) is 8.70. The summed E-state index contributed by atoms with van der Waals surface area (Å²) in [5.41, 5.74) is 4.00. The molecule has 3 aromatic carbocycles. The summed E-state index contributed by atoms with van der Waals surface area (Å²) in [5.74, 6) is 0.0201. The Morgan fingerprint density at radius 3 is 2.35 bits per heavy atom. The first-order valence-electron chi connectivity index (χ1n) is 11.0. The number of amides is 1. The van der Waals surface area contributed by atoms with Crippen molar-refractivity contribution in [3.63, 3.8) is 0 Å². The number of piperidine rings is 1. The third-order valence-corrected chi connectivity index (χ3v) is 6.59. The van der Waals surface area contributed by atoms with Crippen LogP contribution < -0.4 is 5.32 Å². The molecule has 0 radical (unpaired) electrons. The minimum absolute atomic E-state index is 0.0201. The second-order valence-electron chi connectivity index (χ2n) is 8.70. The zero-order valence-corrected chi connectivity index (χ0v) is 17.7. The fourth-order valence-electron chi connectivity index (χ4n) is 4.91. The van der Waals surface area contributed by atoms with Gasteiger partial charge >= 0.3 is 0 Å². The van der Waals surface area contributed by atoms with Gasteiger partial charge in [0.2, 0.25) is 0 Å². The van der Waals surface area contributed by atoms with Crippen LogP contribution in [-0.4, -0.2) is 35.5 Å². The van der Waals surface area contributed by atoms with Crippen molar-refractivity contribution in [2.75, 3.05) is 13.1 Å². The Kier molecular flexibility index (Phi) is 5.58. The van der Waals surface area contributed by atoms with E-state index in [1.807, 2.05) is 36.4 Å². The van der Waals surface area contributed by atoms with E-state index < -0.39 is 0 Å². The van der Waals surface area contributed by atoms with Crippen molar-refractivity contribution in [3.05, 3.63) is 107 Å². The van der Waals surface area contributed by atoms with E-state index in [1.54, 1.807) is 0 Å². The highest BCUT2D eigenvalue weighted by atomic mass is 16.5. The van der Waals surface area contributed by atoms with Crippen molar-refractivity contribution in [2.24, 2.45) is 0 Å². The van der Waals surface area contributed by atoms with E-state index in [4.69, 9.17) is 4.74 Å². The number of hydrogen-bond acceptors (Lipinski definition) is 3. The monoisotopic (exact) mass is 412 g/mol. The molecule has 1 amide bonds. The maximum absolute atomic E-state index is 13.0. The van der Waals surface area contributed by atoms with Crippen molar-refractivity contribution in [1.82, 2.24) is 10.2 Å². The van der Waals surface area contributed by atoms with Gasteiger partial charge in [0.05, 0.1) is 18.2 Å². The zero-order valence-electron chi connectivity index (χ0n) is 17.7. The molecule has 2 heterocycles. The molecule has 5 rings (SSSR count). The number of carbonyl (C=O) groups excluding carboxylic acids is 1. The number of fused-ring (bicyclic) bond motifs is 1. The molecule has 0 bridgehead atoms. The van der Waals surface area contributed by atoms with Crippen LogP contribution in [0.25, 0.3) is 0 Å². The summed E-state index contributed by atoms with van der Waals surface area (Å²) < 4.78 is 6.54. The molecule has 2 atom stereocenters. The SMILES string of the molecule is O=C1N[C@@]2(CCN(Cc3ccccc3)C[C@H]2OCc2ccccc2)Cc2ccccc21. The Morgan fingerprint density at radius 2 is 1.58 bits per heavy atom. The first-order valence-corrected chi connectivity index (χ1v) is 11.0. The molecule has 3 aromatic rings. The molecule has 1 spiro atoms. The van der Waals surface area contributed by atoms with E-state index in [0.717, 1.165) is 49.2 Å². The summed E-state index contributed by atoms with van der Waals surface area (Å²) >= 11 is 0. The summed E-state index contributed by atoms with van der Waals surface area (Å²) in [6.45, 7) is 3.17. The summed E-state index contributed by atoms with van der Waals surface area (Å²) in [6, 6.07) is 28.8. The Bertz CT molecular complexity index is 1040. The molecule has 31 heavy (non-hydrogen) atoms. The average molecular weight is 413 g/mol. The highest BCUT2D eigenvalue weighted by Gasteiger charge is 2.47. The predicted molar refractivity (Wildman–Crippen MR) is 122 cm³/mol. The minimum atomic E-state index is -0.368. The summed E-state index contributed by atoms with van der Waals surface area (Å²) in [7, 11) is 0. The molecule has 0 aliphatic carbocycles. The maximum atomic E-state index is 13.0. The van der Waals surface area contributed by atoms with E-state index in [0.29, 0.717) is 6.61 Å². The topological polar surface area (TPSA) is 41.6 Å². The Hall–Kier alpha value is -2.95. The fourth-order valence-corrected chi connectivity index (χ4v) is 4.91. The lowest BCUT2D eigenvalue weighted by atomic mass is 9.75. The van der Waals surface area contributed by atoms with Crippen LogP contribution in [0.4, 0.5) is 0 Å². The van der Waals surface area contributed by atoms with Crippen LogP contribution in [0, 0.1) is 0 Å². The zero-order chi connectivity index (χ0) is 21.1. The van der Waals surface area contributed by atoms with Crippen LogP contribution >= 0.6 is 0 Å². The van der Waals surface area contributed by atoms with Crippen molar-refractivity contribution in [3.8, 4) is 0 Å². The number of hydrogen-bond donors (Lipinski definition) is 1. The molecule has 1 saturated heterocycles. The first-order chi connectivity index (χ1) is 15.2. The van der Waals surface area contributed by atoms with Gasteiger partial charge in [-0.2, -0.15) is 0 Å². The van der Waals surface area contributed by atoms with Crippen LogP contribution in [0.2, 0.25) is 0 Å². The van der Waals surface area contributed by atoms with Crippen LogP contribution in [0.1, 0.15) is 33.5 Å². The molecule has 158 valence electrons. The largest absolute Gasteiger partial charge is 0.370 e. The molecular weight excluding hydrogens is 384 g/mol. The third-order valence-electron chi connectivity index (χ3n) is 6.59. The van der Waals surface area contributed by atoms with Crippen molar-refractivity contribution in [2.45, 2.75) is 37.6 Å². The highest BCUT2D eigenvalue weighted by Crippen LogP contribution is 2.34. The molecule has 2 aliphatic rings. The van der Waals surface area contributed by atoms with E-state index in [-0.39, 0.29) is 17.6 Å². The van der Waals surface area contributed by atoms with Crippen molar-refractivity contribution >= 4 is 5.91 Å². The number of ether oxygens (including phenoxy) is 1. The number of carbonyl (C=O) groups is 1. The molecular formula is C27H28N2O2. The summed E-state index contributed by atoms with van der Waals surface area (Å²) in [5, 5.41) is 3.37.